The minimum Gasteiger partial charge on any atom is -0.480 e. The van der Waals surface area contributed by atoms with Gasteiger partial charge in [0.05, 0.1) is 5.56 Å². The van der Waals surface area contributed by atoms with Gasteiger partial charge in [0.25, 0.3) is 5.89 Å². The van der Waals surface area contributed by atoms with Gasteiger partial charge < -0.3 is 14.4 Å². The van der Waals surface area contributed by atoms with E-state index in [-0.39, 0.29) is 13.2 Å². The van der Waals surface area contributed by atoms with Crippen molar-refractivity contribution in [2.45, 2.75) is 6.61 Å². The number of thiophene rings is 1. The maximum Gasteiger partial charge on any atom is 0.329 e. The van der Waals surface area contributed by atoms with Crippen LogP contribution in [-0.4, -0.2) is 27.8 Å². The maximum absolute atomic E-state index is 10.2. The van der Waals surface area contributed by atoms with Gasteiger partial charge in [-0.25, -0.2) is 4.79 Å². The van der Waals surface area contributed by atoms with E-state index < -0.39 is 5.97 Å². The fraction of sp³-hybridized carbons (Fsp3) is 0.222. The summed E-state index contributed by atoms with van der Waals surface area (Å²) in [6, 6.07) is 1.86. The smallest absolute Gasteiger partial charge is 0.329 e. The Morgan fingerprint density at radius 2 is 2.50 bits per heavy atom. The van der Waals surface area contributed by atoms with Crippen LogP contribution in [0, 0.1) is 0 Å². The Balaban J connectivity index is 1.95. The van der Waals surface area contributed by atoms with Crippen molar-refractivity contribution in [2.24, 2.45) is 0 Å². The highest BCUT2D eigenvalue weighted by Crippen LogP contribution is 2.19. The normalized spacial score (nSPS) is 10.5. The molecule has 0 fully saturated rings. The topological polar surface area (TPSA) is 85.5 Å². The molecule has 0 aliphatic heterocycles. The van der Waals surface area contributed by atoms with E-state index in [1.807, 2.05) is 16.8 Å². The molecule has 0 atom stereocenters. The third-order valence-electron chi connectivity index (χ3n) is 1.69. The Hall–Kier alpha value is -1.73. The maximum atomic E-state index is 10.2. The largest absolute Gasteiger partial charge is 0.480 e. The molecule has 1 N–H and O–H groups in total. The Morgan fingerprint density at radius 1 is 1.62 bits per heavy atom. The van der Waals surface area contributed by atoms with Crippen LogP contribution in [0.1, 0.15) is 5.82 Å². The van der Waals surface area contributed by atoms with Gasteiger partial charge in [0.1, 0.15) is 13.2 Å². The fourth-order valence-electron chi connectivity index (χ4n) is 1.05. The molecule has 0 saturated heterocycles. The minimum atomic E-state index is -1.03. The van der Waals surface area contributed by atoms with Crippen LogP contribution in [0.5, 0.6) is 0 Å². The second kappa shape index (κ2) is 4.86. The lowest BCUT2D eigenvalue weighted by Crippen LogP contribution is -2.07. The summed E-state index contributed by atoms with van der Waals surface area (Å²) < 4.78 is 9.81. The molecule has 0 aliphatic carbocycles. The van der Waals surface area contributed by atoms with Crippen molar-refractivity contribution in [3.05, 3.63) is 22.7 Å². The highest BCUT2D eigenvalue weighted by molar-refractivity contribution is 7.08. The van der Waals surface area contributed by atoms with Crippen LogP contribution in [0.4, 0.5) is 0 Å². The molecule has 0 unspecified atom stereocenters. The fourth-order valence-corrected chi connectivity index (χ4v) is 1.68. The Bertz CT molecular complexity index is 466. The molecule has 0 radical (unpaired) electrons. The summed E-state index contributed by atoms with van der Waals surface area (Å²) in [6.07, 6.45) is 0. The van der Waals surface area contributed by atoms with Gasteiger partial charge in [-0.05, 0) is 11.4 Å². The van der Waals surface area contributed by atoms with E-state index in [0.29, 0.717) is 11.7 Å². The van der Waals surface area contributed by atoms with Gasteiger partial charge in [-0.15, -0.1) is 0 Å². The van der Waals surface area contributed by atoms with E-state index in [2.05, 4.69) is 10.1 Å². The predicted molar refractivity (Wildman–Crippen MR) is 54.9 cm³/mol. The summed E-state index contributed by atoms with van der Waals surface area (Å²) in [5.41, 5.74) is 0.849. The first-order chi connectivity index (χ1) is 7.75. The highest BCUT2D eigenvalue weighted by Gasteiger charge is 2.09. The highest BCUT2D eigenvalue weighted by atomic mass is 32.1. The molecular weight excluding hydrogens is 232 g/mol. The molecule has 0 aromatic carbocycles. The lowest BCUT2D eigenvalue weighted by atomic mass is 10.3. The van der Waals surface area contributed by atoms with Crippen molar-refractivity contribution in [2.75, 3.05) is 6.61 Å². The third-order valence-corrected chi connectivity index (χ3v) is 2.38. The van der Waals surface area contributed by atoms with E-state index in [4.69, 9.17) is 14.4 Å². The van der Waals surface area contributed by atoms with Gasteiger partial charge in [0.2, 0.25) is 0 Å². The molecule has 0 spiro atoms. The molecular formula is C9H8N2O4S. The van der Waals surface area contributed by atoms with Gasteiger partial charge in [-0.2, -0.15) is 16.3 Å². The van der Waals surface area contributed by atoms with Gasteiger partial charge in [-0.3, -0.25) is 0 Å². The van der Waals surface area contributed by atoms with Crippen molar-refractivity contribution >= 4 is 17.3 Å². The van der Waals surface area contributed by atoms with Gasteiger partial charge >= 0.3 is 5.97 Å². The van der Waals surface area contributed by atoms with Crippen LogP contribution in [0.2, 0.25) is 0 Å². The number of carbonyl (C=O) groups is 1. The summed E-state index contributed by atoms with van der Waals surface area (Å²) in [5, 5.41) is 15.8. The number of aliphatic carboxylic acids is 1. The number of carboxylic acid groups (broad SMARTS) is 1. The van der Waals surface area contributed by atoms with Crippen molar-refractivity contribution in [1.82, 2.24) is 10.1 Å². The number of nitrogens with zero attached hydrogens (tertiary/aromatic N) is 2. The van der Waals surface area contributed by atoms with Gasteiger partial charge in [-0.1, -0.05) is 5.16 Å². The summed E-state index contributed by atoms with van der Waals surface area (Å²) >= 11 is 1.53. The number of aromatic nitrogens is 2. The molecule has 0 saturated carbocycles. The Labute approximate surface area is 94.5 Å². The summed E-state index contributed by atoms with van der Waals surface area (Å²) in [4.78, 5) is 14.3. The first kappa shape index (κ1) is 10.8. The molecule has 7 heteroatoms. The van der Waals surface area contributed by atoms with Crippen LogP contribution in [0.25, 0.3) is 11.5 Å². The molecule has 0 bridgehead atoms. The molecule has 16 heavy (non-hydrogen) atoms. The van der Waals surface area contributed by atoms with Crippen LogP contribution in [0.15, 0.2) is 21.3 Å². The minimum absolute atomic E-state index is 0.0277. The zero-order chi connectivity index (χ0) is 11.4. The molecule has 2 rings (SSSR count). The molecule has 6 nitrogen and oxygen atoms in total. The number of rotatable bonds is 5. The van der Waals surface area contributed by atoms with Crippen LogP contribution in [-0.2, 0) is 16.1 Å². The number of hydrogen-bond donors (Lipinski definition) is 1. The lowest BCUT2D eigenvalue weighted by molar-refractivity contribution is -0.142. The van der Waals surface area contributed by atoms with Gasteiger partial charge in [0.15, 0.2) is 5.82 Å². The van der Waals surface area contributed by atoms with Crippen molar-refractivity contribution in [1.29, 1.82) is 0 Å². The number of ether oxygens (including phenoxy) is 1. The van der Waals surface area contributed by atoms with Crippen LogP contribution < -0.4 is 0 Å². The van der Waals surface area contributed by atoms with Crippen LogP contribution >= 0.6 is 11.3 Å². The Kier molecular flexibility index (Phi) is 3.28. The van der Waals surface area contributed by atoms with E-state index in [1.54, 1.807) is 0 Å². The molecule has 84 valence electrons. The van der Waals surface area contributed by atoms with Crippen molar-refractivity contribution in [3.8, 4) is 11.5 Å². The summed E-state index contributed by atoms with van der Waals surface area (Å²) in [7, 11) is 0. The Morgan fingerprint density at radius 3 is 3.19 bits per heavy atom. The molecule has 2 aromatic heterocycles. The summed E-state index contributed by atoms with van der Waals surface area (Å²) in [5.74, 6) is -0.279. The average Bonchev–Trinajstić information content (AvgIpc) is 2.85. The van der Waals surface area contributed by atoms with Crippen molar-refractivity contribution in [3.63, 3.8) is 0 Å². The number of carboxylic acids is 1. The molecule has 2 aromatic rings. The molecule has 2 heterocycles. The first-order valence-electron chi connectivity index (χ1n) is 4.40. The number of hydrogen-bond acceptors (Lipinski definition) is 6. The predicted octanol–water partition coefficient (Wildman–Crippen LogP) is 1.40. The quantitative estimate of drug-likeness (QED) is 0.850. The van der Waals surface area contributed by atoms with E-state index in [0.717, 1.165) is 5.56 Å². The molecule has 0 amide bonds. The van der Waals surface area contributed by atoms with Crippen molar-refractivity contribution < 1.29 is 19.2 Å². The standard InChI is InChI=1S/C9H8N2O4S/c12-8(13)4-14-3-7-10-9(15-11-7)6-1-2-16-5-6/h1-2,5H,3-4H2,(H,12,13). The second-order valence-corrected chi connectivity index (χ2v) is 3.69. The van der Waals surface area contributed by atoms with Crippen LogP contribution in [0.3, 0.4) is 0 Å². The zero-order valence-corrected chi connectivity index (χ0v) is 8.94. The first-order valence-corrected chi connectivity index (χ1v) is 5.34. The van der Waals surface area contributed by atoms with E-state index in [1.165, 1.54) is 11.3 Å². The van der Waals surface area contributed by atoms with Gasteiger partial charge in [0, 0.05) is 5.38 Å². The zero-order valence-electron chi connectivity index (χ0n) is 8.12. The van der Waals surface area contributed by atoms with E-state index >= 15 is 0 Å². The lowest BCUT2D eigenvalue weighted by Gasteiger charge is -1.93. The average molecular weight is 240 g/mol. The summed E-state index contributed by atoms with van der Waals surface area (Å²) in [6.45, 7) is -0.345. The van der Waals surface area contributed by atoms with E-state index in [9.17, 15) is 4.79 Å². The molecule has 0 aliphatic rings. The second-order valence-electron chi connectivity index (χ2n) is 2.91. The third kappa shape index (κ3) is 2.65. The SMILES string of the molecule is O=C(O)COCc1noc(-c2ccsc2)n1. The monoisotopic (exact) mass is 240 g/mol.